The first-order valence-electron chi connectivity index (χ1n) is 5.13. The van der Waals surface area contributed by atoms with Crippen LogP contribution in [0.15, 0.2) is 36.4 Å². The number of halogens is 2. The molecule has 0 saturated carbocycles. The zero-order valence-corrected chi connectivity index (χ0v) is 9.21. The van der Waals surface area contributed by atoms with Crippen LogP contribution in [0.25, 0.3) is 11.1 Å². The van der Waals surface area contributed by atoms with Crippen molar-refractivity contribution in [3.8, 4) is 11.1 Å². The molecule has 86 valence electrons. The summed E-state index contributed by atoms with van der Waals surface area (Å²) in [5.41, 5.74) is 1.61. The van der Waals surface area contributed by atoms with Crippen molar-refractivity contribution < 1.29 is 13.6 Å². The molecule has 0 atom stereocenters. The highest BCUT2D eigenvalue weighted by atomic mass is 19.1. The van der Waals surface area contributed by atoms with Gasteiger partial charge in [0.05, 0.1) is 5.56 Å². The molecule has 0 radical (unpaired) electrons. The number of rotatable bonds is 2. The zero-order chi connectivity index (χ0) is 12.4. The van der Waals surface area contributed by atoms with Gasteiger partial charge in [-0.1, -0.05) is 12.1 Å². The van der Waals surface area contributed by atoms with Crippen molar-refractivity contribution in [2.75, 3.05) is 0 Å². The predicted octanol–water partition coefficient (Wildman–Crippen LogP) is 3.75. The van der Waals surface area contributed by atoms with Crippen LogP contribution in [0.1, 0.15) is 15.9 Å². The highest BCUT2D eigenvalue weighted by Gasteiger charge is 2.08. The Bertz CT molecular complexity index is 576. The molecule has 0 unspecified atom stereocenters. The fourth-order valence-corrected chi connectivity index (χ4v) is 1.72. The highest BCUT2D eigenvalue weighted by molar-refractivity contribution is 5.80. The minimum Gasteiger partial charge on any atom is -0.298 e. The normalized spacial score (nSPS) is 10.3. The Morgan fingerprint density at radius 2 is 1.82 bits per heavy atom. The molecule has 2 aromatic carbocycles. The quantitative estimate of drug-likeness (QED) is 0.720. The molecule has 17 heavy (non-hydrogen) atoms. The Morgan fingerprint density at radius 3 is 2.47 bits per heavy atom. The number of carbonyl (C=O) groups excluding carboxylic acids is 1. The second kappa shape index (κ2) is 4.45. The Hall–Kier alpha value is -2.03. The van der Waals surface area contributed by atoms with Crippen molar-refractivity contribution in [3.63, 3.8) is 0 Å². The van der Waals surface area contributed by atoms with Crippen LogP contribution in [-0.2, 0) is 0 Å². The predicted molar refractivity (Wildman–Crippen MR) is 61.9 cm³/mol. The zero-order valence-electron chi connectivity index (χ0n) is 9.21. The third kappa shape index (κ3) is 2.23. The molecular formula is C14H10F2O. The van der Waals surface area contributed by atoms with Crippen molar-refractivity contribution in [2.45, 2.75) is 6.92 Å². The number of aryl methyl sites for hydroxylation is 1. The molecule has 0 aliphatic rings. The van der Waals surface area contributed by atoms with Gasteiger partial charge in [-0.05, 0) is 47.9 Å². The van der Waals surface area contributed by atoms with Crippen LogP contribution in [0.4, 0.5) is 8.78 Å². The molecule has 0 heterocycles. The number of hydrogen-bond donors (Lipinski definition) is 0. The van der Waals surface area contributed by atoms with E-state index in [9.17, 15) is 13.6 Å². The van der Waals surface area contributed by atoms with Gasteiger partial charge in [-0.3, -0.25) is 4.79 Å². The highest BCUT2D eigenvalue weighted by Crippen LogP contribution is 2.24. The van der Waals surface area contributed by atoms with Gasteiger partial charge in [0.25, 0.3) is 0 Å². The third-order valence-corrected chi connectivity index (χ3v) is 2.57. The lowest BCUT2D eigenvalue weighted by molar-refractivity contribution is 0.111. The summed E-state index contributed by atoms with van der Waals surface area (Å²) in [6.45, 7) is 1.57. The molecule has 0 aliphatic heterocycles. The average molecular weight is 232 g/mol. The summed E-state index contributed by atoms with van der Waals surface area (Å²) in [7, 11) is 0. The van der Waals surface area contributed by atoms with E-state index in [1.54, 1.807) is 25.1 Å². The van der Waals surface area contributed by atoms with Crippen LogP contribution in [0.5, 0.6) is 0 Å². The molecule has 0 N–H and O–H groups in total. The van der Waals surface area contributed by atoms with Gasteiger partial charge in [0.1, 0.15) is 11.6 Å². The summed E-state index contributed by atoms with van der Waals surface area (Å²) in [4.78, 5) is 10.7. The average Bonchev–Trinajstić information content (AvgIpc) is 2.32. The maximum atomic E-state index is 13.5. The monoisotopic (exact) mass is 232 g/mol. The summed E-state index contributed by atoms with van der Waals surface area (Å²) in [6.07, 6.45) is 0.463. The smallest absolute Gasteiger partial charge is 0.153 e. The van der Waals surface area contributed by atoms with Crippen molar-refractivity contribution in [1.29, 1.82) is 0 Å². The minimum atomic E-state index is -0.528. The van der Waals surface area contributed by atoms with Crippen LogP contribution < -0.4 is 0 Å². The summed E-state index contributed by atoms with van der Waals surface area (Å²) in [6, 6.07) is 8.98. The van der Waals surface area contributed by atoms with E-state index in [2.05, 4.69) is 0 Å². The van der Waals surface area contributed by atoms with Gasteiger partial charge in [-0.2, -0.15) is 0 Å². The minimum absolute atomic E-state index is 0.00994. The molecule has 1 nitrogen and oxygen atoms in total. The molecule has 3 heteroatoms. The summed E-state index contributed by atoms with van der Waals surface area (Å²) in [5.74, 6) is -0.891. The van der Waals surface area contributed by atoms with Crippen LogP contribution in [0, 0.1) is 18.6 Å². The van der Waals surface area contributed by atoms with E-state index < -0.39 is 5.82 Å². The van der Waals surface area contributed by atoms with E-state index in [4.69, 9.17) is 0 Å². The van der Waals surface area contributed by atoms with Crippen molar-refractivity contribution >= 4 is 6.29 Å². The second-order valence-electron chi connectivity index (χ2n) is 3.82. The fraction of sp³-hybridized carbons (Fsp3) is 0.0714. The maximum absolute atomic E-state index is 13.5. The van der Waals surface area contributed by atoms with Gasteiger partial charge in [0, 0.05) is 0 Å². The topological polar surface area (TPSA) is 17.1 Å². The fourth-order valence-electron chi connectivity index (χ4n) is 1.72. The number of aldehydes is 1. The van der Waals surface area contributed by atoms with Crippen LogP contribution in [0.2, 0.25) is 0 Å². The molecule has 0 aromatic heterocycles. The molecule has 0 amide bonds. The Morgan fingerprint density at radius 1 is 1.06 bits per heavy atom. The first kappa shape index (κ1) is 11.5. The lowest BCUT2D eigenvalue weighted by Gasteiger charge is -2.06. The molecule has 0 saturated heterocycles. The van der Waals surface area contributed by atoms with Crippen LogP contribution >= 0.6 is 0 Å². The van der Waals surface area contributed by atoms with Gasteiger partial charge in [-0.15, -0.1) is 0 Å². The van der Waals surface area contributed by atoms with Crippen LogP contribution in [0.3, 0.4) is 0 Å². The number of benzene rings is 2. The van der Waals surface area contributed by atoms with E-state index in [0.717, 1.165) is 0 Å². The van der Waals surface area contributed by atoms with Gasteiger partial charge in [0.2, 0.25) is 0 Å². The summed E-state index contributed by atoms with van der Waals surface area (Å²) < 4.78 is 26.5. The molecule has 0 bridgehead atoms. The summed E-state index contributed by atoms with van der Waals surface area (Å²) >= 11 is 0. The lowest BCUT2D eigenvalue weighted by atomic mass is 10.00. The molecular weight excluding hydrogens is 222 g/mol. The summed E-state index contributed by atoms with van der Waals surface area (Å²) in [5, 5.41) is 0. The van der Waals surface area contributed by atoms with Gasteiger partial charge < -0.3 is 0 Å². The Kier molecular flexibility index (Phi) is 3.00. The van der Waals surface area contributed by atoms with Crippen molar-refractivity contribution in [2.24, 2.45) is 0 Å². The van der Waals surface area contributed by atoms with Crippen molar-refractivity contribution in [3.05, 3.63) is 59.2 Å². The lowest BCUT2D eigenvalue weighted by Crippen LogP contribution is -1.93. The third-order valence-electron chi connectivity index (χ3n) is 2.57. The number of carbonyl (C=O) groups is 1. The first-order chi connectivity index (χ1) is 8.11. The Balaban J connectivity index is 2.60. The van der Waals surface area contributed by atoms with E-state index in [-0.39, 0.29) is 11.4 Å². The van der Waals surface area contributed by atoms with Crippen LogP contribution in [-0.4, -0.2) is 6.29 Å². The first-order valence-corrected chi connectivity index (χ1v) is 5.13. The molecule has 2 rings (SSSR count). The maximum Gasteiger partial charge on any atom is 0.153 e. The largest absolute Gasteiger partial charge is 0.298 e. The van der Waals surface area contributed by atoms with E-state index >= 15 is 0 Å². The Labute approximate surface area is 97.7 Å². The van der Waals surface area contributed by atoms with Crippen molar-refractivity contribution in [1.82, 2.24) is 0 Å². The van der Waals surface area contributed by atoms with E-state index in [1.807, 2.05) is 0 Å². The van der Waals surface area contributed by atoms with Gasteiger partial charge in [0.15, 0.2) is 6.29 Å². The molecule has 2 aromatic rings. The number of hydrogen-bond acceptors (Lipinski definition) is 1. The van der Waals surface area contributed by atoms with Gasteiger partial charge >= 0.3 is 0 Å². The van der Waals surface area contributed by atoms with E-state index in [1.165, 1.54) is 18.2 Å². The SMILES string of the molecule is Cc1cc(-c2cccc(F)c2)cc(C=O)c1F. The molecule has 0 aliphatic carbocycles. The standard InChI is InChI=1S/C14H10F2O/c1-9-5-11(6-12(8-17)14(9)16)10-3-2-4-13(15)7-10/h2-8H,1H3. The van der Waals surface area contributed by atoms with Gasteiger partial charge in [-0.25, -0.2) is 8.78 Å². The molecule has 0 fully saturated rings. The van der Waals surface area contributed by atoms with E-state index in [0.29, 0.717) is 23.0 Å². The molecule has 0 spiro atoms. The second-order valence-corrected chi connectivity index (χ2v) is 3.82.